The first-order valence-corrected chi connectivity index (χ1v) is 10.2. The van der Waals surface area contributed by atoms with Gasteiger partial charge in [0.15, 0.2) is 0 Å². The summed E-state index contributed by atoms with van der Waals surface area (Å²) in [4.78, 5) is 16.8. The number of ether oxygens (including phenoxy) is 1. The van der Waals surface area contributed by atoms with Crippen LogP contribution in [0.1, 0.15) is 18.1 Å². The summed E-state index contributed by atoms with van der Waals surface area (Å²) < 4.78 is 5.86. The topological polar surface area (TPSA) is 66.3 Å². The normalized spacial score (nSPS) is 13.6. The van der Waals surface area contributed by atoms with Gasteiger partial charge in [-0.3, -0.25) is 9.80 Å². The average molecular weight is 397 g/mol. The fourth-order valence-electron chi connectivity index (χ4n) is 2.60. The van der Waals surface area contributed by atoms with E-state index in [4.69, 9.17) is 4.74 Å². The Hall–Kier alpha value is -2.80. The van der Waals surface area contributed by atoms with Gasteiger partial charge in [0.25, 0.3) is 0 Å². The van der Waals surface area contributed by atoms with Crippen LogP contribution in [0.25, 0.3) is 0 Å². The SMILES string of the molecule is CCN1CC(Oc2ccccc2)=NC(SCC(=O)Nc2cccc(C)c2C)=N1. The number of aryl methyl sites for hydroxylation is 1. The van der Waals surface area contributed by atoms with Crippen LogP contribution in [-0.4, -0.2) is 40.8 Å². The number of thioether (sulfide) groups is 1. The Morgan fingerprint density at radius 3 is 2.71 bits per heavy atom. The predicted molar refractivity (Wildman–Crippen MR) is 116 cm³/mol. The van der Waals surface area contributed by atoms with Crippen molar-refractivity contribution in [3.63, 3.8) is 0 Å². The molecule has 0 atom stereocenters. The molecule has 0 radical (unpaired) electrons. The lowest BCUT2D eigenvalue weighted by Crippen LogP contribution is -2.33. The maximum Gasteiger partial charge on any atom is 0.234 e. The zero-order chi connectivity index (χ0) is 19.9. The molecule has 6 nitrogen and oxygen atoms in total. The van der Waals surface area contributed by atoms with Crippen LogP contribution in [0.5, 0.6) is 5.75 Å². The lowest BCUT2D eigenvalue weighted by Gasteiger charge is -2.23. The minimum Gasteiger partial charge on any atom is -0.441 e. The first-order valence-electron chi connectivity index (χ1n) is 9.18. The smallest absolute Gasteiger partial charge is 0.234 e. The third kappa shape index (κ3) is 5.36. The van der Waals surface area contributed by atoms with Crippen LogP contribution in [0.4, 0.5) is 5.69 Å². The number of amidine groups is 1. The van der Waals surface area contributed by atoms with Crippen molar-refractivity contribution in [3.8, 4) is 5.75 Å². The van der Waals surface area contributed by atoms with Crippen molar-refractivity contribution >= 4 is 34.4 Å². The average Bonchev–Trinajstić information content (AvgIpc) is 2.70. The Labute approximate surface area is 169 Å². The number of carbonyl (C=O) groups excluding carboxylic acids is 1. The molecule has 0 saturated heterocycles. The summed E-state index contributed by atoms with van der Waals surface area (Å²) in [7, 11) is 0. The summed E-state index contributed by atoms with van der Waals surface area (Å²) in [5.41, 5.74) is 3.06. The van der Waals surface area contributed by atoms with Gasteiger partial charge < -0.3 is 10.1 Å². The number of nitrogens with one attached hydrogen (secondary N) is 1. The van der Waals surface area contributed by atoms with Crippen LogP contribution in [0.2, 0.25) is 0 Å². The monoisotopic (exact) mass is 396 g/mol. The number of para-hydroxylation sites is 1. The maximum atomic E-state index is 12.4. The highest BCUT2D eigenvalue weighted by Gasteiger charge is 2.18. The molecule has 1 heterocycles. The fourth-order valence-corrected chi connectivity index (χ4v) is 3.28. The molecule has 1 aliphatic heterocycles. The number of likely N-dealkylation sites (N-methyl/N-ethyl adjacent to an activating group) is 1. The van der Waals surface area contributed by atoms with E-state index in [1.165, 1.54) is 11.8 Å². The van der Waals surface area contributed by atoms with E-state index in [-0.39, 0.29) is 11.7 Å². The Kier molecular flexibility index (Phi) is 6.71. The van der Waals surface area contributed by atoms with Crippen LogP contribution in [0.3, 0.4) is 0 Å². The van der Waals surface area contributed by atoms with Crippen LogP contribution in [0, 0.1) is 13.8 Å². The second kappa shape index (κ2) is 9.41. The molecule has 146 valence electrons. The summed E-state index contributed by atoms with van der Waals surface area (Å²) in [6.07, 6.45) is 0. The highest BCUT2D eigenvalue weighted by Crippen LogP contribution is 2.19. The van der Waals surface area contributed by atoms with E-state index in [0.717, 1.165) is 29.1 Å². The minimum absolute atomic E-state index is 0.0873. The number of carbonyl (C=O) groups is 1. The first-order chi connectivity index (χ1) is 13.5. The lowest BCUT2D eigenvalue weighted by atomic mass is 10.1. The highest BCUT2D eigenvalue weighted by molar-refractivity contribution is 8.14. The second-order valence-electron chi connectivity index (χ2n) is 6.37. The summed E-state index contributed by atoms with van der Waals surface area (Å²) in [5.74, 6) is 1.44. The van der Waals surface area contributed by atoms with E-state index in [9.17, 15) is 4.79 Å². The third-order valence-corrected chi connectivity index (χ3v) is 5.16. The van der Waals surface area contributed by atoms with Gasteiger partial charge >= 0.3 is 0 Å². The van der Waals surface area contributed by atoms with Gasteiger partial charge in [-0.25, -0.2) is 0 Å². The van der Waals surface area contributed by atoms with Crippen LogP contribution < -0.4 is 10.1 Å². The fraction of sp³-hybridized carbons (Fsp3) is 0.286. The number of rotatable bonds is 5. The van der Waals surface area contributed by atoms with E-state index in [1.54, 1.807) is 0 Å². The molecule has 0 fully saturated rings. The van der Waals surface area contributed by atoms with Crippen molar-refractivity contribution in [1.29, 1.82) is 0 Å². The standard InChI is InChI=1S/C21H24N4O2S/c1-4-25-13-20(27-17-10-6-5-7-11-17)23-21(24-25)28-14-19(26)22-18-12-8-9-15(2)16(18)3/h5-12H,4,13-14H2,1-3H3,(H,22,26). The van der Waals surface area contributed by atoms with Gasteiger partial charge in [0, 0.05) is 12.2 Å². The molecule has 1 aliphatic rings. The Balaban J connectivity index is 1.62. The molecule has 0 aromatic heterocycles. The molecule has 0 aliphatic carbocycles. The molecule has 0 spiro atoms. The summed E-state index contributed by atoms with van der Waals surface area (Å²) >= 11 is 1.30. The van der Waals surface area contributed by atoms with Gasteiger partial charge in [-0.2, -0.15) is 4.99 Å². The molecule has 1 N–H and O–H groups in total. The zero-order valence-electron chi connectivity index (χ0n) is 16.3. The summed E-state index contributed by atoms with van der Waals surface area (Å²) in [6, 6.07) is 15.4. The van der Waals surface area contributed by atoms with Gasteiger partial charge in [-0.05, 0) is 50.1 Å². The number of hydrogen-bond donors (Lipinski definition) is 1. The Morgan fingerprint density at radius 2 is 1.96 bits per heavy atom. The molecule has 2 aromatic rings. The number of amides is 1. The van der Waals surface area contributed by atoms with Crippen molar-refractivity contribution in [3.05, 3.63) is 59.7 Å². The van der Waals surface area contributed by atoms with Crippen molar-refractivity contribution in [2.75, 3.05) is 24.2 Å². The largest absolute Gasteiger partial charge is 0.441 e. The summed E-state index contributed by atoms with van der Waals surface area (Å²) in [5, 5.41) is 9.82. The number of hydrazone groups is 1. The third-order valence-electron chi connectivity index (χ3n) is 4.32. The molecular weight excluding hydrogens is 372 g/mol. The molecule has 3 rings (SSSR count). The number of aliphatic imine (C=N–C) groups is 1. The second-order valence-corrected chi connectivity index (χ2v) is 7.31. The van der Waals surface area contributed by atoms with E-state index in [2.05, 4.69) is 15.4 Å². The molecular formula is C21H24N4O2S. The van der Waals surface area contributed by atoms with Crippen LogP contribution in [0.15, 0.2) is 58.6 Å². The number of hydrogen-bond acceptors (Lipinski definition) is 6. The van der Waals surface area contributed by atoms with Gasteiger partial charge in [-0.15, -0.1) is 5.10 Å². The molecule has 0 bridgehead atoms. The van der Waals surface area contributed by atoms with E-state index < -0.39 is 0 Å². The van der Waals surface area contributed by atoms with Crippen molar-refractivity contribution in [2.45, 2.75) is 20.8 Å². The van der Waals surface area contributed by atoms with Gasteiger partial charge in [0.2, 0.25) is 17.0 Å². The van der Waals surface area contributed by atoms with Gasteiger partial charge in [0.1, 0.15) is 12.3 Å². The van der Waals surface area contributed by atoms with Crippen molar-refractivity contribution < 1.29 is 9.53 Å². The van der Waals surface area contributed by atoms with Gasteiger partial charge in [0.05, 0.1) is 5.75 Å². The quantitative estimate of drug-likeness (QED) is 0.828. The number of nitrogens with zero attached hydrogens (tertiary/aromatic N) is 3. The Bertz CT molecular complexity index is 897. The number of benzene rings is 2. The van der Waals surface area contributed by atoms with Crippen molar-refractivity contribution in [1.82, 2.24) is 5.01 Å². The molecule has 2 aromatic carbocycles. The lowest BCUT2D eigenvalue weighted by molar-refractivity contribution is -0.113. The molecule has 0 unspecified atom stereocenters. The minimum atomic E-state index is -0.0873. The molecule has 28 heavy (non-hydrogen) atoms. The zero-order valence-corrected chi connectivity index (χ0v) is 17.1. The Morgan fingerprint density at radius 1 is 1.18 bits per heavy atom. The summed E-state index contributed by atoms with van der Waals surface area (Å²) in [6.45, 7) is 7.28. The van der Waals surface area contributed by atoms with Crippen LogP contribution >= 0.6 is 11.8 Å². The van der Waals surface area contributed by atoms with Crippen LogP contribution in [-0.2, 0) is 4.79 Å². The number of anilines is 1. The molecule has 0 saturated carbocycles. The molecule has 1 amide bonds. The molecule has 7 heteroatoms. The maximum absolute atomic E-state index is 12.4. The van der Waals surface area contributed by atoms with E-state index >= 15 is 0 Å². The first kappa shape index (κ1) is 19.9. The van der Waals surface area contributed by atoms with Gasteiger partial charge in [-0.1, -0.05) is 42.1 Å². The highest BCUT2D eigenvalue weighted by atomic mass is 32.2. The van der Waals surface area contributed by atoms with E-state index in [1.807, 2.05) is 74.3 Å². The predicted octanol–water partition coefficient (Wildman–Crippen LogP) is 4.06. The van der Waals surface area contributed by atoms with E-state index in [0.29, 0.717) is 17.6 Å². The van der Waals surface area contributed by atoms with Crippen molar-refractivity contribution in [2.24, 2.45) is 10.1 Å².